The highest BCUT2D eigenvalue weighted by Gasteiger charge is 2.11. The van der Waals surface area contributed by atoms with E-state index in [0.717, 1.165) is 26.3 Å². The van der Waals surface area contributed by atoms with Crippen molar-refractivity contribution < 1.29 is 9.47 Å². The van der Waals surface area contributed by atoms with Gasteiger partial charge in [-0.1, -0.05) is 6.04 Å². The first-order chi connectivity index (χ1) is 8.36. The molecule has 0 radical (unpaired) electrons. The van der Waals surface area contributed by atoms with Crippen LogP contribution in [0.1, 0.15) is 20.3 Å². The molecule has 0 amide bonds. The van der Waals surface area contributed by atoms with Crippen molar-refractivity contribution in [3.05, 3.63) is 0 Å². The first-order valence-electron chi connectivity index (χ1n) is 7.03. The quantitative estimate of drug-likeness (QED) is 0.365. The Morgan fingerprint density at radius 3 is 2.41 bits per heavy atom. The largest absolute Gasteiger partial charge is 0.357 e. The molecule has 1 fully saturated rings. The van der Waals surface area contributed by atoms with Crippen molar-refractivity contribution in [1.82, 2.24) is 10.2 Å². The van der Waals surface area contributed by atoms with E-state index in [2.05, 4.69) is 10.2 Å². The summed E-state index contributed by atoms with van der Waals surface area (Å²) in [5.41, 5.74) is 0. The standard InChI is InChI=1S/C12H28N2O2Si/c1-3-15-12(16-4-2)17-11-5-8-14-9-6-13-7-10-14/h12-13H,3-11,17H2,1-2H3. The molecule has 0 aromatic heterocycles. The molecule has 0 aromatic rings. The molecule has 5 heteroatoms. The fraction of sp³-hybridized carbons (Fsp3) is 1.00. The third kappa shape index (κ3) is 7.16. The van der Waals surface area contributed by atoms with E-state index in [1.54, 1.807) is 0 Å². The average molecular weight is 260 g/mol. The molecule has 0 unspecified atom stereocenters. The van der Waals surface area contributed by atoms with Gasteiger partial charge in [0.05, 0.1) is 9.52 Å². The van der Waals surface area contributed by atoms with Gasteiger partial charge in [-0.25, -0.2) is 0 Å². The maximum atomic E-state index is 5.59. The molecule has 0 bridgehead atoms. The molecule has 0 aromatic carbocycles. The Bertz CT molecular complexity index is 172. The van der Waals surface area contributed by atoms with Crippen LogP contribution in [0.2, 0.25) is 6.04 Å². The molecule has 102 valence electrons. The van der Waals surface area contributed by atoms with E-state index in [-0.39, 0.29) is 15.4 Å². The van der Waals surface area contributed by atoms with Crippen molar-refractivity contribution in [2.75, 3.05) is 45.9 Å². The van der Waals surface area contributed by atoms with Crippen molar-refractivity contribution >= 4 is 9.52 Å². The van der Waals surface area contributed by atoms with Crippen molar-refractivity contribution in [3.63, 3.8) is 0 Å². The van der Waals surface area contributed by atoms with E-state index in [0.29, 0.717) is 0 Å². The zero-order chi connectivity index (χ0) is 12.3. The van der Waals surface area contributed by atoms with Crippen LogP contribution in [-0.2, 0) is 9.47 Å². The van der Waals surface area contributed by atoms with Gasteiger partial charge in [0, 0.05) is 39.4 Å². The first kappa shape index (κ1) is 15.1. The zero-order valence-electron chi connectivity index (χ0n) is 11.4. The third-order valence-corrected chi connectivity index (χ3v) is 4.93. The Labute approximate surface area is 108 Å². The predicted molar refractivity (Wildman–Crippen MR) is 74.3 cm³/mol. The maximum Gasteiger partial charge on any atom is 0.134 e. The molecule has 1 saturated heterocycles. The van der Waals surface area contributed by atoms with E-state index < -0.39 is 0 Å². The molecule has 4 nitrogen and oxygen atoms in total. The number of nitrogens with one attached hydrogen (secondary N) is 1. The Morgan fingerprint density at radius 2 is 1.82 bits per heavy atom. The van der Waals surface area contributed by atoms with Gasteiger partial charge in [-0.3, -0.25) is 0 Å². The second-order valence-corrected chi connectivity index (χ2v) is 6.38. The Balaban J connectivity index is 2.00. The number of ether oxygens (including phenoxy) is 2. The zero-order valence-corrected chi connectivity index (χ0v) is 12.8. The summed E-state index contributed by atoms with van der Waals surface area (Å²) >= 11 is 0. The van der Waals surface area contributed by atoms with Crippen LogP contribution in [-0.4, -0.2) is 66.3 Å². The number of hydrogen-bond acceptors (Lipinski definition) is 4. The minimum atomic E-state index is -0.230. The normalized spacial score (nSPS) is 18.5. The molecular formula is C12H28N2O2Si. The summed E-state index contributed by atoms with van der Waals surface area (Å²) in [6.45, 7) is 11.6. The number of piperazine rings is 1. The second-order valence-electron chi connectivity index (χ2n) is 4.43. The highest BCUT2D eigenvalue weighted by atomic mass is 28.2. The van der Waals surface area contributed by atoms with Gasteiger partial charge in [-0.15, -0.1) is 0 Å². The monoisotopic (exact) mass is 260 g/mol. The number of hydrogen-bond donors (Lipinski definition) is 1. The van der Waals surface area contributed by atoms with Crippen LogP contribution >= 0.6 is 0 Å². The van der Waals surface area contributed by atoms with Crippen LogP contribution in [0.5, 0.6) is 0 Å². The van der Waals surface area contributed by atoms with Crippen LogP contribution in [0.3, 0.4) is 0 Å². The van der Waals surface area contributed by atoms with Crippen LogP contribution in [0, 0.1) is 0 Å². The van der Waals surface area contributed by atoms with Gasteiger partial charge in [0.15, 0.2) is 0 Å². The fourth-order valence-electron chi connectivity index (χ4n) is 2.17. The lowest BCUT2D eigenvalue weighted by Crippen LogP contribution is -2.43. The molecule has 1 aliphatic rings. The molecule has 0 spiro atoms. The molecule has 17 heavy (non-hydrogen) atoms. The minimum absolute atomic E-state index is 0.146. The summed E-state index contributed by atoms with van der Waals surface area (Å²) in [7, 11) is -0.230. The van der Waals surface area contributed by atoms with Gasteiger partial charge < -0.3 is 19.7 Å². The molecule has 0 saturated carbocycles. The van der Waals surface area contributed by atoms with Crippen molar-refractivity contribution in [3.8, 4) is 0 Å². The van der Waals surface area contributed by atoms with Gasteiger partial charge in [-0.05, 0) is 26.8 Å². The van der Waals surface area contributed by atoms with E-state index in [1.807, 2.05) is 13.8 Å². The molecule has 0 atom stereocenters. The second kappa shape index (κ2) is 10.0. The Kier molecular flexibility index (Phi) is 8.91. The average Bonchev–Trinajstić information content (AvgIpc) is 2.36. The maximum absolute atomic E-state index is 5.59. The summed E-state index contributed by atoms with van der Waals surface area (Å²) in [5.74, 6) is 0.146. The first-order valence-corrected chi connectivity index (χ1v) is 8.84. The molecular weight excluding hydrogens is 232 g/mol. The number of rotatable bonds is 9. The van der Waals surface area contributed by atoms with Crippen LogP contribution in [0.4, 0.5) is 0 Å². The smallest absolute Gasteiger partial charge is 0.134 e. The highest BCUT2D eigenvalue weighted by Crippen LogP contribution is 2.01. The Hall–Kier alpha value is 0.0569. The minimum Gasteiger partial charge on any atom is -0.357 e. The Morgan fingerprint density at radius 1 is 1.18 bits per heavy atom. The van der Waals surface area contributed by atoms with E-state index in [9.17, 15) is 0 Å². The fourth-order valence-corrected chi connectivity index (χ4v) is 3.82. The van der Waals surface area contributed by atoms with Gasteiger partial charge in [0.2, 0.25) is 0 Å². The lowest BCUT2D eigenvalue weighted by Gasteiger charge is -2.27. The predicted octanol–water partition coefficient (Wildman–Crippen LogP) is 0.225. The molecule has 1 N–H and O–H groups in total. The topological polar surface area (TPSA) is 33.7 Å². The highest BCUT2D eigenvalue weighted by molar-refractivity contribution is 6.36. The van der Waals surface area contributed by atoms with Gasteiger partial charge in [-0.2, -0.15) is 0 Å². The van der Waals surface area contributed by atoms with Crippen molar-refractivity contribution in [1.29, 1.82) is 0 Å². The number of nitrogens with zero attached hydrogens (tertiary/aromatic N) is 1. The summed E-state index contributed by atoms with van der Waals surface area (Å²) in [6, 6.07) is 1.33. The van der Waals surface area contributed by atoms with Gasteiger partial charge in [0.1, 0.15) is 5.91 Å². The van der Waals surface area contributed by atoms with Gasteiger partial charge >= 0.3 is 0 Å². The molecule has 0 aliphatic carbocycles. The van der Waals surface area contributed by atoms with Crippen molar-refractivity contribution in [2.24, 2.45) is 0 Å². The van der Waals surface area contributed by atoms with Crippen LogP contribution < -0.4 is 5.32 Å². The lowest BCUT2D eigenvalue weighted by atomic mass is 10.3. The summed E-state index contributed by atoms with van der Waals surface area (Å²) in [5, 5.41) is 3.38. The van der Waals surface area contributed by atoms with E-state index in [1.165, 1.54) is 32.1 Å². The lowest BCUT2D eigenvalue weighted by molar-refractivity contribution is -0.0828. The van der Waals surface area contributed by atoms with Crippen LogP contribution in [0.15, 0.2) is 0 Å². The summed E-state index contributed by atoms with van der Waals surface area (Å²) in [6.07, 6.45) is 1.31. The molecule has 1 aliphatic heterocycles. The van der Waals surface area contributed by atoms with Crippen molar-refractivity contribution in [2.45, 2.75) is 32.2 Å². The third-order valence-electron chi connectivity index (χ3n) is 3.08. The van der Waals surface area contributed by atoms with E-state index in [4.69, 9.17) is 9.47 Å². The summed E-state index contributed by atoms with van der Waals surface area (Å²) in [4.78, 5) is 2.56. The summed E-state index contributed by atoms with van der Waals surface area (Å²) < 4.78 is 11.2. The van der Waals surface area contributed by atoms with Crippen LogP contribution in [0.25, 0.3) is 0 Å². The SMILES string of the molecule is CCOC(OCC)[SiH2]CCCN1CCNCC1. The van der Waals surface area contributed by atoms with E-state index >= 15 is 0 Å². The molecule has 1 heterocycles. The van der Waals surface area contributed by atoms with Gasteiger partial charge in [0.25, 0.3) is 0 Å². The molecule has 1 rings (SSSR count).